The SMILES string of the molecule is CC(F)c1ccc(O)c(C2CCCCN2)c1. The molecular weight excluding hydrogens is 205 g/mol. The van der Waals surface area contributed by atoms with Crippen molar-refractivity contribution in [2.24, 2.45) is 0 Å². The van der Waals surface area contributed by atoms with Crippen molar-refractivity contribution in [3.05, 3.63) is 29.3 Å². The summed E-state index contributed by atoms with van der Waals surface area (Å²) in [6.45, 7) is 2.49. The summed E-state index contributed by atoms with van der Waals surface area (Å²) >= 11 is 0. The summed E-state index contributed by atoms with van der Waals surface area (Å²) in [5, 5.41) is 13.2. The minimum Gasteiger partial charge on any atom is -0.508 e. The molecule has 1 saturated heterocycles. The zero-order chi connectivity index (χ0) is 11.5. The summed E-state index contributed by atoms with van der Waals surface area (Å²) in [4.78, 5) is 0. The molecule has 0 saturated carbocycles. The summed E-state index contributed by atoms with van der Waals surface area (Å²) in [5.74, 6) is 0.267. The first-order valence-electron chi connectivity index (χ1n) is 5.89. The van der Waals surface area contributed by atoms with Gasteiger partial charge in [-0.3, -0.25) is 0 Å². The van der Waals surface area contributed by atoms with E-state index in [4.69, 9.17) is 0 Å². The van der Waals surface area contributed by atoms with Crippen molar-refractivity contribution in [1.29, 1.82) is 0 Å². The predicted octanol–water partition coefficient (Wildman–Crippen LogP) is 3.24. The van der Waals surface area contributed by atoms with Crippen molar-refractivity contribution in [3.8, 4) is 5.75 Å². The third kappa shape index (κ3) is 2.35. The van der Waals surface area contributed by atoms with Gasteiger partial charge in [-0.1, -0.05) is 12.5 Å². The molecule has 0 bridgehead atoms. The molecule has 0 aromatic heterocycles. The molecule has 0 aliphatic carbocycles. The second-order valence-electron chi connectivity index (χ2n) is 4.44. The molecule has 2 unspecified atom stereocenters. The zero-order valence-corrected chi connectivity index (χ0v) is 9.54. The number of benzene rings is 1. The van der Waals surface area contributed by atoms with Crippen molar-refractivity contribution < 1.29 is 9.50 Å². The summed E-state index contributed by atoms with van der Waals surface area (Å²) in [6.07, 6.45) is 2.36. The number of aromatic hydroxyl groups is 1. The van der Waals surface area contributed by atoms with E-state index >= 15 is 0 Å². The summed E-state index contributed by atoms with van der Waals surface area (Å²) in [5.41, 5.74) is 1.47. The molecule has 1 aliphatic heterocycles. The molecule has 88 valence electrons. The van der Waals surface area contributed by atoms with Crippen LogP contribution in [0.15, 0.2) is 18.2 Å². The minimum atomic E-state index is -0.983. The minimum absolute atomic E-state index is 0.174. The van der Waals surface area contributed by atoms with Crippen molar-refractivity contribution in [3.63, 3.8) is 0 Å². The third-order valence-electron chi connectivity index (χ3n) is 3.20. The Morgan fingerprint density at radius 1 is 1.44 bits per heavy atom. The van der Waals surface area contributed by atoms with Crippen LogP contribution in [0.5, 0.6) is 5.75 Å². The average Bonchev–Trinajstić information content (AvgIpc) is 2.30. The molecule has 1 aromatic rings. The Balaban J connectivity index is 2.27. The van der Waals surface area contributed by atoms with E-state index in [-0.39, 0.29) is 11.8 Å². The molecule has 1 heterocycles. The molecule has 0 amide bonds. The van der Waals surface area contributed by atoms with Crippen LogP contribution in [0.4, 0.5) is 4.39 Å². The topological polar surface area (TPSA) is 32.3 Å². The van der Waals surface area contributed by atoms with Crippen molar-refractivity contribution in [2.45, 2.75) is 38.4 Å². The third-order valence-corrected chi connectivity index (χ3v) is 3.20. The number of hydrogen-bond acceptors (Lipinski definition) is 2. The van der Waals surface area contributed by atoms with Gasteiger partial charge in [0.25, 0.3) is 0 Å². The first-order valence-corrected chi connectivity index (χ1v) is 5.89. The van der Waals surface area contributed by atoms with E-state index in [2.05, 4.69) is 5.32 Å². The van der Waals surface area contributed by atoms with E-state index in [1.54, 1.807) is 18.2 Å². The van der Waals surface area contributed by atoms with Crippen LogP contribution in [-0.2, 0) is 0 Å². The second-order valence-corrected chi connectivity index (χ2v) is 4.44. The van der Waals surface area contributed by atoms with Gasteiger partial charge in [0.05, 0.1) is 0 Å². The Labute approximate surface area is 95.5 Å². The number of rotatable bonds is 2. The van der Waals surface area contributed by atoms with Crippen molar-refractivity contribution in [2.75, 3.05) is 6.54 Å². The maximum Gasteiger partial charge on any atom is 0.122 e. The molecule has 2 atom stereocenters. The van der Waals surface area contributed by atoms with Gasteiger partial charge >= 0.3 is 0 Å². The Bertz CT molecular complexity index is 359. The van der Waals surface area contributed by atoms with Crippen LogP contribution in [-0.4, -0.2) is 11.7 Å². The van der Waals surface area contributed by atoms with Crippen LogP contribution in [0.3, 0.4) is 0 Å². The van der Waals surface area contributed by atoms with E-state index in [0.717, 1.165) is 24.9 Å². The fourth-order valence-electron chi connectivity index (χ4n) is 2.22. The molecule has 0 spiro atoms. The van der Waals surface area contributed by atoms with E-state index in [1.807, 2.05) is 0 Å². The Hall–Kier alpha value is -1.09. The van der Waals surface area contributed by atoms with Gasteiger partial charge in [-0.2, -0.15) is 0 Å². The molecule has 2 rings (SSSR count). The van der Waals surface area contributed by atoms with Gasteiger partial charge in [-0.25, -0.2) is 4.39 Å². The van der Waals surface area contributed by atoms with Crippen LogP contribution >= 0.6 is 0 Å². The van der Waals surface area contributed by atoms with Gasteiger partial charge in [0.15, 0.2) is 0 Å². The van der Waals surface area contributed by atoms with Gasteiger partial charge < -0.3 is 10.4 Å². The molecule has 1 aliphatic rings. The van der Waals surface area contributed by atoms with E-state index in [0.29, 0.717) is 5.56 Å². The maximum absolute atomic E-state index is 13.2. The normalized spacial score (nSPS) is 23.0. The van der Waals surface area contributed by atoms with E-state index < -0.39 is 6.17 Å². The molecule has 2 N–H and O–H groups in total. The monoisotopic (exact) mass is 223 g/mol. The number of phenolic OH excluding ortho intramolecular Hbond substituents is 1. The highest BCUT2D eigenvalue weighted by Crippen LogP contribution is 2.32. The molecule has 2 nitrogen and oxygen atoms in total. The highest BCUT2D eigenvalue weighted by atomic mass is 19.1. The van der Waals surface area contributed by atoms with Gasteiger partial charge in [0.2, 0.25) is 0 Å². The number of hydrogen-bond donors (Lipinski definition) is 2. The zero-order valence-electron chi connectivity index (χ0n) is 9.54. The predicted molar refractivity (Wildman–Crippen MR) is 62.2 cm³/mol. The van der Waals surface area contributed by atoms with Crippen LogP contribution < -0.4 is 5.32 Å². The largest absolute Gasteiger partial charge is 0.508 e. The Kier molecular flexibility index (Phi) is 3.44. The van der Waals surface area contributed by atoms with Gasteiger partial charge in [-0.05, 0) is 44.0 Å². The lowest BCUT2D eigenvalue weighted by Crippen LogP contribution is -2.26. The average molecular weight is 223 g/mol. The summed E-state index contributed by atoms with van der Waals surface area (Å²) in [7, 11) is 0. The van der Waals surface area contributed by atoms with Gasteiger partial charge in [0.1, 0.15) is 11.9 Å². The lowest BCUT2D eigenvalue weighted by Gasteiger charge is -2.25. The standard InChI is InChI=1S/C13H18FNO/c1-9(14)10-5-6-13(16)11(8-10)12-4-2-3-7-15-12/h5-6,8-9,12,15-16H,2-4,7H2,1H3. The number of piperidine rings is 1. The number of phenols is 1. The number of halogens is 1. The lowest BCUT2D eigenvalue weighted by molar-refractivity contribution is 0.368. The van der Waals surface area contributed by atoms with Gasteiger partial charge in [0, 0.05) is 11.6 Å². The van der Waals surface area contributed by atoms with Crippen LogP contribution in [0.1, 0.15) is 49.5 Å². The van der Waals surface area contributed by atoms with Crippen LogP contribution in [0.25, 0.3) is 0 Å². The first kappa shape index (κ1) is 11.4. The highest BCUT2D eigenvalue weighted by Gasteiger charge is 2.19. The number of nitrogens with one attached hydrogen (secondary N) is 1. The molecule has 0 radical (unpaired) electrons. The Morgan fingerprint density at radius 3 is 2.88 bits per heavy atom. The molecule has 1 fully saturated rings. The van der Waals surface area contributed by atoms with Crippen molar-refractivity contribution >= 4 is 0 Å². The number of alkyl halides is 1. The molecule has 1 aromatic carbocycles. The fourth-order valence-corrected chi connectivity index (χ4v) is 2.22. The smallest absolute Gasteiger partial charge is 0.122 e. The maximum atomic E-state index is 13.2. The molecular formula is C13H18FNO. The highest BCUT2D eigenvalue weighted by molar-refractivity contribution is 5.39. The summed E-state index contributed by atoms with van der Waals surface area (Å²) in [6, 6.07) is 5.19. The van der Waals surface area contributed by atoms with Crippen molar-refractivity contribution in [1.82, 2.24) is 5.32 Å². The first-order chi connectivity index (χ1) is 7.68. The Morgan fingerprint density at radius 2 is 2.25 bits per heavy atom. The van der Waals surface area contributed by atoms with Gasteiger partial charge in [-0.15, -0.1) is 0 Å². The quantitative estimate of drug-likeness (QED) is 0.806. The molecule has 16 heavy (non-hydrogen) atoms. The fraction of sp³-hybridized carbons (Fsp3) is 0.538. The molecule has 3 heteroatoms. The van der Waals surface area contributed by atoms with E-state index in [1.165, 1.54) is 13.3 Å². The van der Waals surface area contributed by atoms with E-state index in [9.17, 15) is 9.50 Å². The second kappa shape index (κ2) is 4.83. The van der Waals surface area contributed by atoms with Crippen LogP contribution in [0, 0.1) is 0 Å². The summed E-state index contributed by atoms with van der Waals surface area (Å²) < 4.78 is 13.2. The lowest BCUT2D eigenvalue weighted by atomic mass is 9.94. The van der Waals surface area contributed by atoms with Crippen LogP contribution in [0.2, 0.25) is 0 Å².